The maximum atomic E-state index is 14.6. The molecule has 1 amide bonds. The number of hydrogen-bond acceptors (Lipinski definition) is 3. The SMILES string of the molecule is O=C(C1CCCCC1)N1CC[C@](c2ccc(C(F)(C(F)(F)F)C(F)(F)F)cc2)(S(=O)(=O)c2ccc(Cl)cc2)C1. The van der Waals surface area contributed by atoms with E-state index in [4.69, 9.17) is 11.6 Å². The highest BCUT2D eigenvalue weighted by atomic mass is 35.5. The van der Waals surface area contributed by atoms with Gasteiger partial charge >= 0.3 is 18.0 Å². The third kappa shape index (κ3) is 5.03. The van der Waals surface area contributed by atoms with Crippen LogP contribution in [0.1, 0.15) is 49.7 Å². The second-order valence-electron chi connectivity index (χ2n) is 10.0. The average Bonchev–Trinajstić information content (AvgIpc) is 3.35. The Morgan fingerprint density at radius 3 is 1.90 bits per heavy atom. The van der Waals surface area contributed by atoms with Crippen molar-refractivity contribution in [2.24, 2.45) is 5.92 Å². The second kappa shape index (κ2) is 10.2. The van der Waals surface area contributed by atoms with E-state index in [2.05, 4.69) is 0 Å². The molecule has 0 spiro atoms. The fraction of sp³-hybridized carbons (Fsp3) is 0.500. The largest absolute Gasteiger partial charge is 0.435 e. The Balaban J connectivity index is 1.80. The highest BCUT2D eigenvalue weighted by molar-refractivity contribution is 7.92. The van der Waals surface area contributed by atoms with Crippen LogP contribution in [0, 0.1) is 5.92 Å². The first kappa shape index (κ1) is 29.6. The van der Waals surface area contributed by atoms with Gasteiger partial charge in [-0.2, -0.15) is 26.3 Å². The van der Waals surface area contributed by atoms with Crippen LogP contribution in [-0.4, -0.2) is 44.7 Å². The molecule has 4 rings (SSSR count). The van der Waals surface area contributed by atoms with Crippen molar-refractivity contribution in [1.29, 1.82) is 0 Å². The molecule has 0 radical (unpaired) electrons. The number of amides is 1. The van der Waals surface area contributed by atoms with Crippen molar-refractivity contribution < 1.29 is 43.9 Å². The molecule has 0 bridgehead atoms. The topological polar surface area (TPSA) is 54.5 Å². The summed E-state index contributed by atoms with van der Waals surface area (Å²) in [5.74, 6) is -0.530. The third-order valence-corrected chi connectivity index (χ3v) is 10.5. The molecule has 1 aliphatic heterocycles. The number of likely N-dealkylation sites (tertiary alicyclic amines) is 1. The fourth-order valence-electron chi connectivity index (χ4n) is 5.52. The molecule has 1 saturated heterocycles. The Labute approximate surface area is 226 Å². The Morgan fingerprint density at radius 2 is 1.38 bits per heavy atom. The average molecular weight is 600 g/mol. The van der Waals surface area contributed by atoms with Crippen LogP contribution in [0.2, 0.25) is 5.02 Å². The Bertz CT molecular complexity index is 1290. The molecule has 0 unspecified atom stereocenters. The van der Waals surface area contributed by atoms with Crippen LogP contribution >= 0.6 is 11.6 Å². The van der Waals surface area contributed by atoms with Gasteiger partial charge in [-0.1, -0.05) is 55.1 Å². The van der Waals surface area contributed by atoms with E-state index in [1.54, 1.807) is 0 Å². The molecule has 1 heterocycles. The van der Waals surface area contributed by atoms with E-state index in [9.17, 15) is 43.9 Å². The number of carbonyl (C=O) groups is 1. The Kier molecular flexibility index (Phi) is 7.79. The van der Waals surface area contributed by atoms with Gasteiger partial charge < -0.3 is 4.90 Å². The number of carbonyl (C=O) groups excluding carboxylic acids is 1. The van der Waals surface area contributed by atoms with Crippen LogP contribution in [0.25, 0.3) is 0 Å². The molecule has 1 saturated carbocycles. The van der Waals surface area contributed by atoms with E-state index in [0.717, 1.165) is 31.4 Å². The molecule has 0 N–H and O–H groups in total. The molecule has 13 heteroatoms. The number of hydrogen-bond donors (Lipinski definition) is 0. The monoisotopic (exact) mass is 599 g/mol. The molecule has 2 aliphatic rings. The van der Waals surface area contributed by atoms with Gasteiger partial charge in [0.2, 0.25) is 5.91 Å². The van der Waals surface area contributed by atoms with Crippen molar-refractivity contribution in [2.75, 3.05) is 13.1 Å². The molecule has 1 aliphatic carbocycles. The fourth-order valence-corrected chi connectivity index (χ4v) is 7.72. The van der Waals surface area contributed by atoms with Crippen molar-refractivity contribution in [1.82, 2.24) is 4.90 Å². The normalized spacial score (nSPS) is 21.8. The van der Waals surface area contributed by atoms with Crippen molar-refractivity contribution in [3.8, 4) is 0 Å². The van der Waals surface area contributed by atoms with Crippen molar-refractivity contribution in [3.63, 3.8) is 0 Å². The molecule has 4 nitrogen and oxygen atoms in total. The lowest BCUT2D eigenvalue weighted by molar-refractivity contribution is -0.348. The molecule has 2 aromatic rings. The van der Waals surface area contributed by atoms with E-state index in [0.29, 0.717) is 25.0 Å². The molecule has 2 fully saturated rings. The molecule has 214 valence electrons. The van der Waals surface area contributed by atoms with Crippen molar-refractivity contribution in [3.05, 3.63) is 64.7 Å². The maximum Gasteiger partial charge on any atom is 0.435 e. The minimum Gasteiger partial charge on any atom is -0.340 e. The first-order chi connectivity index (χ1) is 18.0. The highest BCUT2D eigenvalue weighted by Gasteiger charge is 2.73. The molecular weight excluding hydrogens is 575 g/mol. The Morgan fingerprint density at radius 1 is 0.846 bits per heavy atom. The lowest BCUT2D eigenvalue weighted by atomic mass is 9.88. The lowest BCUT2D eigenvalue weighted by Crippen LogP contribution is -2.50. The number of alkyl halides is 7. The molecule has 1 atom stereocenters. The highest BCUT2D eigenvalue weighted by Crippen LogP contribution is 2.54. The quantitative estimate of drug-likeness (QED) is 0.344. The van der Waals surface area contributed by atoms with Gasteiger partial charge in [0.25, 0.3) is 0 Å². The summed E-state index contributed by atoms with van der Waals surface area (Å²) in [4.78, 5) is 14.5. The second-order valence-corrected chi connectivity index (χ2v) is 12.7. The van der Waals surface area contributed by atoms with Crippen LogP contribution in [0.4, 0.5) is 30.7 Å². The van der Waals surface area contributed by atoms with Gasteiger partial charge in [-0.05, 0) is 49.1 Å². The zero-order chi connectivity index (χ0) is 28.9. The minimum atomic E-state index is -6.31. The number of rotatable bonds is 5. The van der Waals surface area contributed by atoms with Gasteiger partial charge in [-0.3, -0.25) is 4.79 Å². The minimum absolute atomic E-state index is 0.0159. The van der Waals surface area contributed by atoms with Crippen molar-refractivity contribution >= 4 is 27.3 Å². The van der Waals surface area contributed by atoms with E-state index in [1.807, 2.05) is 0 Å². The standard InChI is InChI=1S/C26H25ClF7NO3S/c27-20-10-12-21(13-11-20)39(37,38)23(14-15-35(16-23)22(36)17-4-2-1-3-5-17)18-6-8-19(9-7-18)24(28,25(29,30)31)26(32,33)34/h6-13,17H,1-5,14-16H2/t23-/m0/s1. The van der Waals surface area contributed by atoms with Gasteiger partial charge in [-0.25, -0.2) is 12.8 Å². The first-order valence-corrected chi connectivity index (χ1v) is 14.1. The van der Waals surface area contributed by atoms with E-state index in [-0.39, 0.29) is 46.8 Å². The molecule has 0 aromatic heterocycles. The zero-order valence-corrected chi connectivity index (χ0v) is 22.0. The third-order valence-electron chi connectivity index (χ3n) is 7.73. The van der Waals surface area contributed by atoms with Gasteiger partial charge in [-0.15, -0.1) is 0 Å². The van der Waals surface area contributed by atoms with Crippen LogP contribution in [0.15, 0.2) is 53.4 Å². The predicted molar refractivity (Wildman–Crippen MR) is 129 cm³/mol. The van der Waals surface area contributed by atoms with Crippen LogP contribution in [-0.2, 0) is 25.0 Å². The van der Waals surface area contributed by atoms with E-state index >= 15 is 0 Å². The van der Waals surface area contributed by atoms with Crippen LogP contribution < -0.4 is 0 Å². The van der Waals surface area contributed by atoms with Crippen molar-refractivity contribution in [2.45, 2.75) is 66.2 Å². The summed E-state index contributed by atoms with van der Waals surface area (Å²) in [6.07, 6.45) is -8.80. The van der Waals surface area contributed by atoms with Gasteiger partial charge in [0.15, 0.2) is 9.84 Å². The lowest BCUT2D eigenvalue weighted by Gasteiger charge is -2.33. The summed E-state index contributed by atoms with van der Waals surface area (Å²) in [6.45, 7) is -0.339. The number of nitrogens with zero attached hydrogens (tertiary/aromatic N) is 1. The maximum absolute atomic E-state index is 14.6. The van der Waals surface area contributed by atoms with E-state index in [1.165, 1.54) is 29.2 Å². The van der Waals surface area contributed by atoms with Gasteiger partial charge in [0.05, 0.1) is 4.90 Å². The summed E-state index contributed by atoms with van der Waals surface area (Å²) < 4.78 is 120. The number of sulfone groups is 1. The molecular formula is C26H25ClF7NO3S. The van der Waals surface area contributed by atoms with Gasteiger partial charge in [0, 0.05) is 29.6 Å². The summed E-state index contributed by atoms with van der Waals surface area (Å²) in [5, 5.41) is 0.242. The molecule has 2 aromatic carbocycles. The zero-order valence-electron chi connectivity index (χ0n) is 20.5. The van der Waals surface area contributed by atoms with E-state index < -0.39 is 38.2 Å². The summed E-state index contributed by atoms with van der Waals surface area (Å²) in [7, 11) is -4.36. The summed E-state index contributed by atoms with van der Waals surface area (Å²) >= 11 is 5.89. The predicted octanol–water partition coefficient (Wildman–Crippen LogP) is 7.11. The van der Waals surface area contributed by atoms with Crippen LogP contribution in [0.3, 0.4) is 0 Å². The number of benzene rings is 2. The number of halogens is 8. The Hall–Kier alpha value is -2.34. The summed E-state index contributed by atoms with van der Waals surface area (Å²) in [5.41, 5.74) is -7.52. The smallest absolute Gasteiger partial charge is 0.340 e. The van der Waals surface area contributed by atoms with Crippen LogP contribution in [0.5, 0.6) is 0 Å². The first-order valence-electron chi connectivity index (χ1n) is 12.3. The summed E-state index contributed by atoms with van der Waals surface area (Å²) in [6, 6.07) is 7.28. The molecule has 39 heavy (non-hydrogen) atoms. The van der Waals surface area contributed by atoms with Gasteiger partial charge in [0.1, 0.15) is 4.75 Å².